The molecule has 5 nitrogen and oxygen atoms in total. The van der Waals surface area contributed by atoms with Crippen molar-refractivity contribution >= 4 is 27.3 Å². The Morgan fingerprint density at radius 1 is 1.17 bits per heavy atom. The minimum atomic E-state index is -3.60. The number of rotatable bonds is 4. The summed E-state index contributed by atoms with van der Waals surface area (Å²) in [6.07, 6.45) is 0.717. The van der Waals surface area contributed by atoms with Gasteiger partial charge in [-0.2, -0.15) is 9.57 Å². The summed E-state index contributed by atoms with van der Waals surface area (Å²) < 4.78 is 28.0. The largest absolute Gasteiger partial charge is 0.367 e. The van der Waals surface area contributed by atoms with E-state index in [0.717, 1.165) is 17.8 Å². The van der Waals surface area contributed by atoms with E-state index in [1.165, 1.54) is 4.31 Å². The smallest absolute Gasteiger partial charge is 0.243 e. The van der Waals surface area contributed by atoms with Crippen molar-refractivity contribution in [2.24, 2.45) is 0 Å². The number of benzene rings is 2. The molecule has 3 rings (SSSR count). The number of hydrogen-bond donors (Lipinski definition) is 0. The highest BCUT2D eigenvalue weighted by Gasteiger charge is 2.39. The van der Waals surface area contributed by atoms with Crippen molar-refractivity contribution in [2.45, 2.75) is 56.5 Å². The van der Waals surface area contributed by atoms with Gasteiger partial charge in [-0.05, 0) is 54.7 Å². The molecule has 0 spiro atoms. The zero-order valence-electron chi connectivity index (χ0n) is 18.1. The molecular weight excluding hydrogens is 418 g/mol. The molecule has 0 aromatic heterocycles. The molecule has 0 bridgehead atoms. The Morgan fingerprint density at radius 2 is 1.80 bits per heavy atom. The van der Waals surface area contributed by atoms with E-state index in [4.69, 9.17) is 16.9 Å². The van der Waals surface area contributed by atoms with Crippen LogP contribution in [0, 0.1) is 11.3 Å². The maximum absolute atomic E-state index is 13.3. The first-order chi connectivity index (χ1) is 14.0. The van der Waals surface area contributed by atoms with Crippen molar-refractivity contribution in [1.82, 2.24) is 4.31 Å². The van der Waals surface area contributed by atoms with Crippen LogP contribution in [0.2, 0.25) is 5.02 Å². The molecule has 0 amide bonds. The van der Waals surface area contributed by atoms with Gasteiger partial charge in [0.1, 0.15) is 6.07 Å². The van der Waals surface area contributed by atoms with Gasteiger partial charge in [0.05, 0.1) is 15.5 Å². The normalized spacial score (nSPS) is 19.9. The summed E-state index contributed by atoms with van der Waals surface area (Å²) in [5.41, 5.74) is 2.40. The van der Waals surface area contributed by atoms with Crippen LogP contribution in [-0.4, -0.2) is 38.4 Å². The first-order valence-corrected chi connectivity index (χ1v) is 11.8. The maximum Gasteiger partial charge on any atom is 0.243 e. The van der Waals surface area contributed by atoms with Gasteiger partial charge in [0, 0.05) is 31.4 Å². The summed E-state index contributed by atoms with van der Waals surface area (Å²) in [6.45, 7) is 9.06. The number of likely N-dealkylation sites (N-methyl/N-ethyl adjacent to an activating group) is 1. The van der Waals surface area contributed by atoms with Gasteiger partial charge in [-0.15, -0.1) is 0 Å². The molecule has 2 atom stereocenters. The van der Waals surface area contributed by atoms with E-state index in [2.05, 4.69) is 31.7 Å². The molecule has 2 aromatic rings. The average molecular weight is 446 g/mol. The second-order valence-electron chi connectivity index (χ2n) is 8.86. The van der Waals surface area contributed by atoms with Crippen LogP contribution < -0.4 is 4.90 Å². The van der Waals surface area contributed by atoms with Gasteiger partial charge in [0.15, 0.2) is 0 Å². The van der Waals surface area contributed by atoms with Crippen LogP contribution in [0.15, 0.2) is 47.4 Å². The Balaban J connectivity index is 1.82. The van der Waals surface area contributed by atoms with Gasteiger partial charge in [-0.1, -0.05) is 44.5 Å². The van der Waals surface area contributed by atoms with Gasteiger partial charge >= 0.3 is 0 Å². The fourth-order valence-electron chi connectivity index (χ4n) is 4.02. The zero-order chi connectivity index (χ0) is 22.3. The van der Waals surface area contributed by atoms with E-state index < -0.39 is 10.0 Å². The Kier molecular flexibility index (Phi) is 6.20. The lowest BCUT2D eigenvalue weighted by Crippen LogP contribution is -2.44. The van der Waals surface area contributed by atoms with Crippen LogP contribution in [0.25, 0.3) is 0 Å². The van der Waals surface area contributed by atoms with E-state index in [1.807, 2.05) is 25.1 Å². The summed E-state index contributed by atoms with van der Waals surface area (Å²) in [4.78, 5) is 2.46. The number of halogens is 1. The molecule has 2 aromatic carbocycles. The van der Waals surface area contributed by atoms with E-state index in [1.54, 1.807) is 31.3 Å². The predicted molar refractivity (Wildman–Crippen MR) is 121 cm³/mol. The molecule has 0 saturated carbocycles. The van der Waals surface area contributed by atoms with Gasteiger partial charge in [-0.3, -0.25) is 0 Å². The fraction of sp³-hybridized carbons (Fsp3) is 0.435. The van der Waals surface area contributed by atoms with E-state index >= 15 is 0 Å². The number of anilines is 1. The van der Waals surface area contributed by atoms with Crippen molar-refractivity contribution in [1.29, 1.82) is 5.26 Å². The highest BCUT2D eigenvalue weighted by atomic mass is 35.5. The summed E-state index contributed by atoms with van der Waals surface area (Å²) in [5, 5.41) is 9.49. The molecule has 1 heterocycles. The quantitative estimate of drug-likeness (QED) is 0.678. The molecule has 1 aliphatic heterocycles. The molecule has 30 heavy (non-hydrogen) atoms. The third-order valence-corrected chi connectivity index (χ3v) is 8.19. The maximum atomic E-state index is 13.3. The lowest BCUT2D eigenvalue weighted by molar-refractivity contribution is 0.353. The predicted octanol–water partition coefficient (Wildman–Crippen LogP) is 4.80. The second kappa shape index (κ2) is 8.22. The van der Waals surface area contributed by atoms with E-state index in [9.17, 15) is 8.42 Å². The van der Waals surface area contributed by atoms with Gasteiger partial charge < -0.3 is 4.90 Å². The van der Waals surface area contributed by atoms with Crippen molar-refractivity contribution in [3.05, 3.63) is 58.6 Å². The minimum Gasteiger partial charge on any atom is -0.367 e. The molecule has 1 saturated heterocycles. The minimum absolute atomic E-state index is 0.0253. The van der Waals surface area contributed by atoms with Crippen LogP contribution in [0.4, 0.5) is 5.69 Å². The van der Waals surface area contributed by atoms with Crippen molar-refractivity contribution in [3.8, 4) is 6.07 Å². The standard InChI is InChI=1S/C23H28ClN3O2S/c1-16-22(12-13-27(16)19-9-6-17(15-25)21(24)14-19)26(5)30(28,29)20-10-7-18(8-11-20)23(2,3)4/h6-11,14,16,22H,12-13H2,1-5H3/t16-,22+/m0/s1. The topological polar surface area (TPSA) is 64.4 Å². The third kappa shape index (κ3) is 4.20. The molecule has 0 aliphatic carbocycles. The second-order valence-corrected chi connectivity index (χ2v) is 11.3. The third-order valence-electron chi connectivity index (χ3n) is 5.98. The summed E-state index contributed by atoms with van der Waals surface area (Å²) in [5.74, 6) is 0. The highest BCUT2D eigenvalue weighted by molar-refractivity contribution is 7.89. The number of nitriles is 1. The number of sulfonamides is 1. The van der Waals surface area contributed by atoms with Crippen molar-refractivity contribution in [2.75, 3.05) is 18.5 Å². The van der Waals surface area contributed by atoms with Gasteiger partial charge in [0.2, 0.25) is 10.0 Å². The lowest BCUT2D eigenvalue weighted by Gasteiger charge is -2.31. The first-order valence-electron chi connectivity index (χ1n) is 10.0. The Bertz CT molecular complexity index is 1070. The summed E-state index contributed by atoms with van der Waals surface area (Å²) in [6, 6.07) is 14.4. The van der Waals surface area contributed by atoms with Gasteiger partial charge in [-0.25, -0.2) is 8.42 Å². The summed E-state index contributed by atoms with van der Waals surface area (Å²) >= 11 is 6.20. The van der Waals surface area contributed by atoms with Crippen LogP contribution in [0.5, 0.6) is 0 Å². The van der Waals surface area contributed by atoms with Crippen molar-refractivity contribution in [3.63, 3.8) is 0 Å². The number of hydrogen-bond acceptors (Lipinski definition) is 4. The Morgan fingerprint density at radius 3 is 2.33 bits per heavy atom. The Hall–Kier alpha value is -2.07. The van der Waals surface area contributed by atoms with Crippen molar-refractivity contribution < 1.29 is 8.42 Å². The van der Waals surface area contributed by atoms with Gasteiger partial charge in [0.25, 0.3) is 0 Å². The SMILES string of the molecule is C[C@H]1[C@H](N(C)S(=O)(=O)c2ccc(C(C)(C)C)cc2)CCN1c1ccc(C#N)c(Cl)c1. The molecule has 1 fully saturated rings. The monoisotopic (exact) mass is 445 g/mol. The first kappa shape index (κ1) is 22.6. The molecule has 0 unspecified atom stereocenters. The van der Waals surface area contributed by atoms with Crippen LogP contribution >= 0.6 is 11.6 Å². The van der Waals surface area contributed by atoms with E-state index in [0.29, 0.717) is 21.9 Å². The molecule has 0 N–H and O–H groups in total. The zero-order valence-corrected chi connectivity index (χ0v) is 19.6. The fourth-order valence-corrected chi connectivity index (χ4v) is 5.69. The molecule has 7 heteroatoms. The average Bonchev–Trinajstić information content (AvgIpc) is 3.07. The molecule has 1 aliphatic rings. The van der Waals surface area contributed by atoms with Crippen LogP contribution in [0.1, 0.15) is 45.2 Å². The molecule has 160 valence electrons. The Labute approximate surface area is 184 Å². The van der Waals surface area contributed by atoms with Crippen LogP contribution in [0.3, 0.4) is 0 Å². The summed E-state index contributed by atoms with van der Waals surface area (Å²) in [7, 11) is -1.95. The van der Waals surface area contributed by atoms with Crippen LogP contribution in [-0.2, 0) is 15.4 Å². The number of nitrogens with zero attached hydrogens (tertiary/aromatic N) is 3. The van der Waals surface area contributed by atoms with E-state index in [-0.39, 0.29) is 17.5 Å². The lowest BCUT2D eigenvalue weighted by atomic mass is 9.87. The highest BCUT2D eigenvalue weighted by Crippen LogP contribution is 2.33. The molecular formula is C23H28ClN3O2S. The molecule has 0 radical (unpaired) electrons.